The summed E-state index contributed by atoms with van der Waals surface area (Å²) in [6.45, 7) is 2.47. The molecule has 2 aromatic carbocycles. The summed E-state index contributed by atoms with van der Waals surface area (Å²) in [6, 6.07) is 15.3. The first kappa shape index (κ1) is 15.7. The highest BCUT2D eigenvalue weighted by Crippen LogP contribution is 2.19. The zero-order chi connectivity index (χ0) is 17.1. The summed E-state index contributed by atoms with van der Waals surface area (Å²) in [5, 5.41) is 11.8. The van der Waals surface area contributed by atoms with Gasteiger partial charge in [-0.2, -0.15) is 0 Å². The molecule has 0 fully saturated rings. The molecule has 0 atom stereocenters. The van der Waals surface area contributed by atoms with Gasteiger partial charge in [-0.05, 0) is 24.6 Å². The molecular formula is C18H19N5O. The van der Waals surface area contributed by atoms with E-state index in [1.165, 1.54) is 0 Å². The Hall–Kier alpha value is -3.15. The summed E-state index contributed by atoms with van der Waals surface area (Å²) >= 11 is 0. The van der Waals surface area contributed by atoms with Crippen molar-refractivity contribution in [2.24, 2.45) is 12.8 Å². The second-order valence-electron chi connectivity index (χ2n) is 5.61. The van der Waals surface area contributed by atoms with E-state index in [9.17, 15) is 4.79 Å². The van der Waals surface area contributed by atoms with Gasteiger partial charge in [-0.3, -0.25) is 4.79 Å². The smallest absolute Gasteiger partial charge is 0.248 e. The van der Waals surface area contributed by atoms with E-state index in [0.29, 0.717) is 12.1 Å². The van der Waals surface area contributed by atoms with Crippen molar-refractivity contribution < 1.29 is 4.79 Å². The van der Waals surface area contributed by atoms with Crippen molar-refractivity contribution >= 4 is 11.6 Å². The number of rotatable bonds is 5. The summed E-state index contributed by atoms with van der Waals surface area (Å²) in [5.41, 5.74) is 8.73. The zero-order valence-electron chi connectivity index (χ0n) is 13.7. The standard InChI is InChI=1S/C18H19N5O/c1-12-8-9-14(17(19)24)10-15(12)20-11-16-21-22-18(23(16)2)13-6-4-3-5-7-13/h3-10,20H,11H2,1-2H3,(H2,19,24). The lowest BCUT2D eigenvalue weighted by atomic mass is 10.1. The SMILES string of the molecule is Cc1ccc(C(N)=O)cc1NCc1nnc(-c2ccccc2)n1C. The zero-order valence-corrected chi connectivity index (χ0v) is 13.7. The second kappa shape index (κ2) is 6.54. The van der Waals surface area contributed by atoms with Gasteiger partial charge < -0.3 is 15.6 Å². The Labute approximate surface area is 140 Å². The predicted octanol–water partition coefficient (Wildman–Crippen LogP) is 2.50. The van der Waals surface area contributed by atoms with Crippen LogP contribution >= 0.6 is 0 Å². The molecule has 3 rings (SSSR count). The molecular weight excluding hydrogens is 302 g/mol. The van der Waals surface area contributed by atoms with Gasteiger partial charge in [0.1, 0.15) is 0 Å². The quantitative estimate of drug-likeness (QED) is 0.756. The molecule has 6 heteroatoms. The number of benzene rings is 2. The van der Waals surface area contributed by atoms with E-state index in [2.05, 4.69) is 15.5 Å². The van der Waals surface area contributed by atoms with Crippen LogP contribution in [-0.2, 0) is 13.6 Å². The lowest BCUT2D eigenvalue weighted by Crippen LogP contribution is -2.12. The van der Waals surface area contributed by atoms with Gasteiger partial charge in [0.25, 0.3) is 0 Å². The number of hydrogen-bond acceptors (Lipinski definition) is 4. The van der Waals surface area contributed by atoms with Gasteiger partial charge in [0.05, 0.1) is 6.54 Å². The van der Waals surface area contributed by atoms with Crippen molar-refractivity contribution in [3.8, 4) is 11.4 Å². The molecule has 0 aliphatic carbocycles. The van der Waals surface area contributed by atoms with E-state index >= 15 is 0 Å². The minimum Gasteiger partial charge on any atom is -0.378 e. The summed E-state index contributed by atoms with van der Waals surface area (Å²) in [5.74, 6) is 1.18. The first-order valence-corrected chi connectivity index (χ1v) is 7.64. The van der Waals surface area contributed by atoms with Crippen molar-refractivity contribution in [1.29, 1.82) is 0 Å². The van der Waals surface area contributed by atoms with Crippen LogP contribution in [0.2, 0.25) is 0 Å². The average molecular weight is 321 g/mol. The molecule has 6 nitrogen and oxygen atoms in total. The highest BCUT2D eigenvalue weighted by atomic mass is 16.1. The fraction of sp³-hybridized carbons (Fsp3) is 0.167. The molecule has 0 radical (unpaired) electrons. The predicted molar refractivity (Wildman–Crippen MR) is 93.5 cm³/mol. The molecule has 0 unspecified atom stereocenters. The van der Waals surface area contributed by atoms with Crippen LogP contribution in [0.25, 0.3) is 11.4 Å². The number of aromatic nitrogens is 3. The van der Waals surface area contributed by atoms with Gasteiger partial charge >= 0.3 is 0 Å². The molecule has 3 N–H and O–H groups in total. The lowest BCUT2D eigenvalue weighted by molar-refractivity contribution is 0.100. The number of primary amides is 1. The Morgan fingerprint density at radius 3 is 2.62 bits per heavy atom. The molecule has 0 bridgehead atoms. The highest BCUT2D eigenvalue weighted by molar-refractivity contribution is 5.94. The number of carbonyl (C=O) groups is 1. The Morgan fingerprint density at radius 2 is 1.92 bits per heavy atom. The van der Waals surface area contributed by atoms with Crippen LogP contribution in [0.4, 0.5) is 5.69 Å². The molecule has 0 aliphatic heterocycles. The third-order valence-corrected chi connectivity index (χ3v) is 3.96. The average Bonchev–Trinajstić information content (AvgIpc) is 2.95. The van der Waals surface area contributed by atoms with Gasteiger partial charge in [0, 0.05) is 23.9 Å². The molecule has 0 spiro atoms. The Kier molecular flexibility index (Phi) is 4.29. The normalized spacial score (nSPS) is 10.6. The number of nitrogens with two attached hydrogens (primary N) is 1. The maximum Gasteiger partial charge on any atom is 0.248 e. The van der Waals surface area contributed by atoms with E-state index in [4.69, 9.17) is 5.73 Å². The molecule has 1 aromatic heterocycles. The Bertz CT molecular complexity index is 870. The summed E-state index contributed by atoms with van der Waals surface area (Å²) in [7, 11) is 1.94. The van der Waals surface area contributed by atoms with E-state index in [1.54, 1.807) is 12.1 Å². The molecule has 0 aliphatic rings. The third kappa shape index (κ3) is 3.12. The molecule has 0 saturated carbocycles. The van der Waals surface area contributed by atoms with Gasteiger partial charge in [0.15, 0.2) is 11.6 Å². The molecule has 122 valence electrons. The molecule has 3 aromatic rings. The van der Waals surface area contributed by atoms with Crippen LogP contribution in [0.15, 0.2) is 48.5 Å². The van der Waals surface area contributed by atoms with Crippen molar-refractivity contribution in [2.45, 2.75) is 13.5 Å². The summed E-state index contributed by atoms with van der Waals surface area (Å²) in [4.78, 5) is 11.3. The maximum absolute atomic E-state index is 11.3. The van der Waals surface area contributed by atoms with Crippen molar-refractivity contribution in [2.75, 3.05) is 5.32 Å². The Balaban J connectivity index is 1.80. The molecule has 0 saturated heterocycles. The number of anilines is 1. The number of carbonyl (C=O) groups excluding carboxylic acids is 1. The van der Waals surface area contributed by atoms with Gasteiger partial charge in [-0.25, -0.2) is 0 Å². The highest BCUT2D eigenvalue weighted by Gasteiger charge is 2.11. The monoisotopic (exact) mass is 321 g/mol. The van der Waals surface area contributed by atoms with Crippen LogP contribution in [0.5, 0.6) is 0 Å². The largest absolute Gasteiger partial charge is 0.378 e. The first-order chi connectivity index (χ1) is 11.6. The molecule has 1 heterocycles. The van der Waals surface area contributed by atoms with Crippen LogP contribution < -0.4 is 11.1 Å². The lowest BCUT2D eigenvalue weighted by Gasteiger charge is -2.10. The van der Waals surface area contributed by atoms with Gasteiger partial charge in [0.2, 0.25) is 5.91 Å². The van der Waals surface area contributed by atoms with E-state index in [0.717, 1.165) is 28.5 Å². The first-order valence-electron chi connectivity index (χ1n) is 7.64. The van der Waals surface area contributed by atoms with Crippen LogP contribution in [-0.4, -0.2) is 20.7 Å². The van der Waals surface area contributed by atoms with Crippen LogP contribution in [0, 0.1) is 6.92 Å². The van der Waals surface area contributed by atoms with Crippen molar-refractivity contribution in [1.82, 2.24) is 14.8 Å². The maximum atomic E-state index is 11.3. The number of hydrogen-bond donors (Lipinski definition) is 2. The molecule has 24 heavy (non-hydrogen) atoms. The summed E-state index contributed by atoms with van der Waals surface area (Å²) in [6.07, 6.45) is 0. The van der Waals surface area contributed by atoms with Gasteiger partial charge in [-0.1, -0.05) is 36.4 Å². The van der Waals surface area contributed by atoms with E-state index < -0.39 is 5.91 Å². The Morgan fingerprint density at radius 1 is 1.17 bits per heavy atom. The summed E-state index contributed by atoms with van der Waals surface area (Å²) < 4.78 is 1.95. The second-order valence-corrected chi connectivity index (χ2v) is 5.61. The number of nitrogens with one attached hydrogen (secondary N) is 1. The number of amides is 1. The topological polar surface area (TPSA) is 85.8 Å². The fourth-order valence-corrected chi connectivity index (χ4v) is 2.49. The minimum atomic E-state index is -0.442. The third-order valence-electron chi connectivity index (χ3n) is 3.96. The van der Waals surface area contributed by atoms with Crippen LogP contribution in [0.3, 0.4) is 0 Å². The number of aryl methyl sites for hydroxylation is 1. The number of nitrogens with zero attached hydrogens (tertiary/aromatic N) is 3. The minimum absolute atomic E-state index is 0.442. The molecule has 1 amide bonds. The van der Waals surface area contributed by atoms with E-state index in [1.807, 2.05) is 54.9 Å². The fourth-order valence-electron chi connectivity index (χ4n) is 2.49. The van der Waals surface area contributed by atoms with Gasteiger partial charge in [-0.15, -0.1) is 10.2 Å². The van der Waals surface area contributed by atoms with Crippen molar-refractivity contribution in [3.05, 3.63) is 65.5 Å². The van der Waals surface area contributed by atoms with E-state index in [-0.39, 0.29) is 0 Å². The van der Waals surface area contributed by atoms with Crippen molar-refractivity contribution in [3.63, 3.8) is 0 Å². The van der Waals surface area contributed by atoms with Crippen LogP contribution in [0.1, 0.15) is 21.7 Å².